The first-order valence-electron chi connectivity index (χ1n) is 8.19. The van der Waals surface area contributed by atoms with Gasteiger partial charge in [0.25, 0.3) is 0 Å². The van der Waals surface area contributed by atoms with Crippen LogP contribution in [-0.2, 0) is 14.3 Å². The van der Waals surface area contributed by atoms with Crippen LogP contribution in [0.15, 0.2) is 16.3 Å². The summed E-state index contributed by atoms with van der Waals surface area (Å²) < 4.78 is 74.9. The number of rotatable bonds is 2. The summed E-state index contributed by atoms with van der Waals surface area (Å²) in [5.41, 5.74) is -1.33. The molecule has 0 N–H and O–H groups in total. The zero-order valence-corrected chi connectivity index (χ0v) is 15.1. The van der Waals surface area contributed by atoms with E-state index in [0.29, 0.717) is 0 Å². The number of likely N-dealkylation sites (N-methyl/N-ethyl adjacent to an activating group) is 1. The van der Waals surface area contributed by atoms with E-state index in [4.69, 9.17) is 0 Å². The fourth-order valence-corrected chi connectivity index (χ4v) is 3.67. The Kier molecular flexibility index (Phi) is 5.09. The van der Waals surface area contributed by atoms with Crippen molar-refractivity contribution < 1.29 is 36.3 Å². The first kappa shape index (κ1) is 20.1. The Labute approximate surface area is 156 Å². The molecule has 1 aromatic rings. The molecule has 0 spiro atoms. The third-order valence-electron chi connectivity index (χ3n) is 4.86. The maximum absolute atomic E-state index is 14.6. The van der Waals surface area contributed by atoms with Gasteiger partial charge in [0.05, 0.1) is 19.4 Å². The number of ketones is 1. The zero-order chi connectivity index (χ0) is 20.9. The van der Waals surface area contributed by atoms with Gasteiger partial charge in [0.2, 0.25) is 5.82 Å². The molecule has 1 aromatic carbocycles. The van der Waals surface area contributed by atoms with E-state index < -0.39 is 58.2 Å². The number of aliphatic imine (C=N–C) groups is 1. The van der Waals surface area contributed by atoms with Crippen LogP contribution in [-0.4, -0.2) is 49.6 Å². The van der Waals surface area contributed by atoms with Crippen molar-refractivity contribution in [3.63, 3.8) is 0 Å². The Morgan fingerprint density at radius 2 is 1.57 bits per heavy atom. The van der Waals surface area contributed by atoms with Crippen molar-refractivity contribution in [2.45, 2.75) is 12.8 Å². The van der Waals surface area contributed by atoms with Crippen molar-refractivity contribution in [3.05, 3.63) is 45.9 Å². The lowest BCUT2D eigenvalue weighted by Gasteiger charge is -2.36. The Morgan fingerprint density at radius 3 is 2.11 bits per heavy atom. The molecule has 2 aliphatic rings. The van der Waals surface area contributed by atoms with Gasteiger partial charge < -0.3 is 4.74 Å². The number of esters is 1. The summed E-state index contributed by atoms with van der Waals surface area (Å²) in [6, 6.07) is 0. The van der Waals surface area contributed by atoms with Gasteiger partial charge in [-0.05, 0) is 14.0 Å². The van der Waals surface area contributed by atoms with Crippen LogP contribution in [0.3, 0.4) is 0 Å². The molecule has 0 aliphatic carbocycles. The summed E-state index contributed by atoms with van der Waals surface area (Å²) in [5.74, 6) is -15.7. The average Bonchev–Trinajstić information content (AvgIpc) is 2.63. The van der Waals surface area contributed by atoms with Crippen LogP contribution in [0.2, 0.25) is 0 Å². The number of Topliss-reactive ketones (excluding diaryl/α,β-unsaturated/α-hetero) is 1. The van der Waals surface area contributed by atoms with Crippen molar-refractivity contribution >= 4 is 17.5 Å². The molecule has 2 heterocycles. The number of halogens is 5. The number of hydrogen-bond donors (Lipinski definition) is 0. The molecule has 2 unspecified atom stereocenters. The van der Waals surface area contributed by atoms with Gasteiger partial charge in [0, 0.05) is 29.3 Å². The fourth-order valence-electron chi connectivity index (χ4n) is 3.67. The minimum atomic E-state index is -2.32. The van der Waals surface area contributed by atoms with Crippen LogP contribution in [0.4, 0.5) is 22.0 Å². The lowest BCUT2D eigenvalue weighted by molar-refractivity contribution is -0.143. The molecule has 28 heavy (non-hydrogen) atoms. The minimum absolute atomic E-state index is 0.0441. The Bertz CT molecular complexity index is 928. The number of carbonyl (C=O) groups excluding carboxylic acids is 2. The predicted octanol–water partition coefficient (Wildman–Crippen LogP) is 2.50. The number of hydrogen-bond acceptors (Lipinski definition) is 5. The van der Waals surface area contributed by atoms with Crippen molar-refractivity contribution in [2.75, 3.05) is 27.2 Å². The predicted molar refractivity (Wildman–Crippen MR) is 87.1 cm³/mol. The lowest BCUT2D eigenvalue weighted by Crippen LogP contribution is -2.43. The molecular weight excluding hydrogens is 387 g/mol. The quantitative estimate of drug-likeness (QED) is 0.330. The Balaban J connectivity index is 2.36. The Hall–Kier alpha value is -2.62. The van der Waals surface area contributed by atoms with Crippen LogP contribution in [0.25, 0.3) is 0 Å². The summed E-state index contributed by atoms with van der Waals surface area (Å²) in [5, 5.41) is 0. The number of methoxy groups -OCH3 is 1. The molecule has 0 aromatic heterocycles. The monoisotopic (exact) mass is 402 g/mol. The van der Waals surface area contributed by atoms with E-state index >= 15 is 0 Å². The molecular formula is C18H15F5N2O3. The third-order valence-corrected chi connectivity index (χ3v) is 4.86. The molecule has 3 rings (SSSR count). The van der Waals surface area contributed by atoms with Crippen molar-refractivity contribution in [3.8, 4) is 0 Å². The highest BCUT2D eigenvalue weighted by Crippen LogP contribution is 2.44. The first-order chi connectivity index (χ1) is 13.1. The van der Waals surface area contributed by atoms with Gasteiger partial charge in [-0.15, -0.1) is 0 Å². The van der Waals surface area contributed by atoms with Gasteiger partial charge in [0.1, 0.15) is 5.92 Å². The highest BCUT2D eigenvalue weighted by atomic mass is 19.2. The minimum Gasteiger partial charge on any atom is -0.468 e. The first-order valence-corrected chi connectivity index (χ1v) is 8.19. The van der Waals surface area contributed by atoms with E-state index in [1.165, 1.54) is 6.92 Å². The number of nitrogens with zero attached hydrogens (tertiary/aromatic N) is 2. The van der Waals surface area contributed by atoms with Gasteiger partial charge in [-0.1, -0.05) is 0 Å². The smallest absolute Gasteiger partial charge is 0.315 e. The zero-order valence-electron chi connectivity index (χ0n) is 15.1. The number of carbonyl (C=O) groups is 2. The molecule has 150 valence electrons. The van der Waals surface area contributed by atoms with Crippen LogP contribution in [0.1, 0.15) is 18.4 Å². The van der Waals surface area contributed by atoms with Crippen molar-refractivity contribution in [2.24, 2.45) is 10.9 Å². The topological polar surface area (TPSA) is 59.0 Å². The van der Waals surface area contributed by atoms with E-state index in [1.54, 1.807) is 11.9 Å². The molecule has 0 radical (unpaired) electrons. The normalized spacial score (nSPS) is 22.9. The van der Waals surface area contributed by atoms with Crippen molar-refractivity contribution in [1.29, 1.82) is 0 Å². The van der Waals surface area contributed by atoms with E-state index in [1.807, 2.05) is 0 Å². The van der Waals surface area contributed by atoms with Crippen LogP contribution < -0.4 is 0 Å². The van der Waals surface area contributed by atoms with E-state index in [9.17, 15) is 31.5 Å². The molecule has 0 amide bonds. The van der Waals surface area contributed by atoms with Gasteiger partial charge in [-0.3, -0.25) is 19.5 Å². The SMILES string of the molecule is COC(=O)C1C(C)=NC2=C(C(=O)CN(C)C2)C1c1c(F)c(F)c(F)c(F)c1F. The molecule has 0 saturated heterocycles. The van der Waals surface area contributed by atoms with E-state index in [2.05, 4.69) is 9.73 Å². The lowest BCUT2D eigenvalue weighted by atomic mass is 9.73. The second-order valence-corrected chi connectivity index (χ2v) is 6.67. The summed E-state index contributed by atoms with van der Waals surface area (Å²) in [6.45, 7) is 1.31. The molecule has 0 saturated carbocycles. The molecule has 2 atom stereocenters. The molecule has 2 aliphatic heterocycles. The highest BCUT2D eigenvalue weighted by molar-refractivity contribution is 6.09. The maximum atomic E-state index is 14.6. The molecule has 5 nitrogen and oxygen atoms in total. The second-order valence-electron chi connectivity index (χ2n) is 6.67. The van der Waals surface area contributed by atoms with Gasteiger partial charge in [-0.2, -0.15) is 0 Å². The van der Waals surface area contributed by atoms with Gasteiger partial charge >= 0.3 is 5.97 Å². The maximum Gasteiger partial charge on any atom is 0.315 e. The van der Waals surface area contributed by atoms with Gasteiger partial charge in [0.15, 0.2) is 29.1 Å². The molecule has 0 fully saturated rings. The van der Waals surface area contributed by atoms with Crippen molar-refractivity contribution in [1.82, 2.24) is 4.90 Å². The van der Waals surface area contributed by atoms with Crippen LogP contribution in [0.5, 0.6) is 0 Å². The summed E-state index contributed by atoms with van der Waals surface area (Å²) in [6.07, 6.45) is 0. The van der Waals surface area contributed by atoms with E-state index in [0.717, 1.165) is 7.11 Å². The van der Waals surface area contributed by atoms with Gasteiger partial charge in [-0.25, -0.2) is 22.0 Å². The second kappa shape index (κ2) is 7.08. The van der Waals surface area contributed by atoms with Crippen LogP contribution >= 0.6 is 0 Å². The average molecular weight is 402 g/mol. The summed E-state index contributed by atoms with van der Waals surface area (Å²) >= 11 is 0. The Morgan fingerprint density at radius 1 is 1.04 bits per heavy atom. The number of benzene rings is 1. The molecule has 10 heteroatoms. The molecule has 0 bridgehead atoms. The number of ether oxygens (including phenoxy) is 1. The highest BCUT2D eigenvalue weighted by Gasteiger charge is 2.47. The standard InChI is InChI=1S/C18H15F5N2O3/c1-6-9(18(27)28-3)11(10-7(24-6)4-25(2)5-8(10)26)12-13(19)15(21)17(23)16(22)14(12)20/h9,11H,4-5H2,1-3H3. The largest absolute Gasteiger partial charge is 0.468 e. The fraction of sp³-hybridized carbons (Fsp3) is 0.389. The summed E-state index contributed by atoms with van der Waals surface area (Å²) in [4.78, 5) is 30.7. The van der Waals surface area contributed by atoms with Crippen LogP contribution in [0, 0.1) is 35.0 Å². The third kappa shape index (κ3) is 2.92. The summed E-state index contributed by atoms with van der Waals surface area (Å²) in [7, 11) is 2.61. The van der Waals surface area contributed by atoms with E-state index in [-0.39, 0.29) is 30.1 Å².